The Balaban J connectivity index is 1.55. The standard InChI is InChI=1S/C23H34O3/c1-22-10-8-15(14-24)12-16(22)4-6-18-19-7-5-17(13-21(25)26-3)23(19,2)11-9-20(18)22/h16-20H,4-13H2,1-3H3/t16?,17-,18+,19+,20+,22+,23-/m1/s1. The van der Waals surface area contributed by atoms with Crippen molar-refractivity contribution in [2.24, 2.45) is 40.4 Å². The molecule has 4 fully saturated rings. The molecule has 3 nitrogen and oxygen atoms in total. The van der Waals surface area contributed by atoms with Crippen LogP contribution in [0.15, 0.2) is 5.57 Å². The molecule has 4 aliphatic rings. The van der Waals surface area contributed by atoms with Crippen LogP contribution in [-0.2, 0) is 14.3 Å². The van der Waals surface area contributed by atoms with Crippen LogP contribution in [0, 0.1) is 40.4 Å². The SMILES string of the molecule is COC(=O)C[C@H]1CC[C@H]2[C@@H]3CCC4CC(=C=O)CC[C@]4(C)[C@H]3CC[C@]12C. The van der Waals surface area contributed by atoms with Crippen LogP contribution in [0.5, 0.6) is 0 Å². The van der Waals surface area contributed by atoms with Crippen molar-refractivity contribution in [3.05, 3.63) is 5.57 Å². The number of carbonyl (C=O) groups is 1. The van der Waals surface area contributed by atoms with Gasteiger partial charge in [-0.25, -0.2) is 4.79 Å². The smallest absolute Gasteiger partial charge is 0.305 e. The van der Waals surface area contributed by atoms with Crippen molar-refractivity contribution in [1.29, 1.82) is 0 Å². The number of ether oxygens (including phenoxy) is 1. The van der Waals surface area contributed by atoms with E-state index >= 15 is 0 Å². The van der Waals surface area contributed by atoms with Gasteiger partial charge in [0.15, 0.2) is 0 Å². The average Bonchev–Trinajstić information content (AvgIpc) is 2.97. The fraction of sp³-hybridized carbons (Fsp3) is 0.870. The maximum absolute atomic E-state index is 11.9. The van der Waals surface area contributed by atoms with Gasteiger partial charge in [-0.05, 0) is 98.2 Å². The predicted molar refractivity (Wildman–Crippen MR) is 101 cm³/mol. The van der Waals surface area contributed by atoms with E-state index in [1.54, 1.807) is 0 Å². The Morgan fingerprint density at radius 3 is 2.58 bits per heavy atom. The molecule has 0 aromatic heterocycles. The molecule has 0 aromatic rings. The molecular weight excluding hydrogens is 324 g/mol. The Bertz CT molecular complexity index is 633. The Morgan fingerprint density at radius 2 is 1.85 bits per heavy atom. The summed E-state index contributed by atoms with van der Waals surface area (Å²) in [5, 5.41) is 0. The van der Waals surface area contributed by atoms with Gasteiger partial charge in [0.05, 0.1) is 7.11 Å². The van der Waals surface area contributed by atoms with E-state index in [1.807, 2.05) is 0 Å². The van der Waals surface area contributed by atoms with Gasteiger partial charge in [-0.15, -0.1) is 0 Å². The van der Waals surface area contributed by atoms with Crippen molar-refractivity contribution in [3.8, 4) is 0 Å². The van der Waals surface area contributed by atoms with Crippen LogP contribution in [0.4, 0.5) is 0 Å². The first kappa shape index (κ1) is 18.3. The van der Waals surface area contributed by atoms with Crippen LogP contribution in [0.1, 0.15) is 78.1 Å². The summed E-state index contributed by atoms with van der Waals surface area (Å²) in [7, 11) is 1.52. The summed E-state index contributed by atoms with van der Waals surface area (Å²) in [4.78, 5) is 23.1. The minimum atomic E-state index is -0.0323. The van der Waals surface area contributed by atoms with Gasteiger partial charge in [0.25, 0.3) is 0 Å². The molecule has 0 aromatic carbocycles. The number of rotatable bonds is 2. The van der Waals surface area contributed by atoms with Gasteiger partial charge in [0.1, 0.15) is 5.94 Å². The largest absolute Gasteiger partial charge is 0.469 e. The van der Waals surface area contributed by atoms with Crippen molar-refractivity contribution < 1.29 is 14.3 Å². The van der Waals surface area contributed by atoms with E-state index in [0.717, 1.165) is 36.2 Å². The molecule has 4 aliphatic carbocycles. The highest BCUT2D eigenvalue weighted by molar-refractivity contribution is 5.69. The van der Waals surface area contributed by atoms with E-state index in [-0.39, 0.29) is 5.97 Å². The first-order valence-electron chi connectivity index (χ1n) is 10.7. The van der Waals surface area contributed by atoms with Crippen LogP contribution in [0.3, 0.4) is 0 Å². The summed E-state index contributed by atoms with van der Waals surface area (Å²) in [5.74, 6) is 5.78. The molecule has 0 saturated heterocycles. The van der Waals surface area contributed by atoms with E-state index in [0.29, 0.717) is 29.1 Å². The lowest BCUT2D eigenvalue weighted by molar-refractivity contribution is -0.144. The maximum Gasteiger partial charge on any atom is 0.305 e. The highest BCUT2D eigenvalue weighted by atomic mass is 16.5. The molecule has 3 heteroatoms. The summed E-state index contributed by atoms with van der Waals surface area (Å²) in [6.45, 7) is 5.00. The summed E-state index contributed by atoms with van der Waals surface area (Å²) in [5.41, 5.74) is 1.76. The summed E-state index contributed by atoms with van der Waals surface area (Å²) in [6.07, 6.45) is 11.4. The van der Waals surface area contributed by atoms with Crippen LogP contribution >= 0.6 is 0 Å². The minimum absolute atomic E-state index is 0.0323. The Hall–Kier alpha value is -1.08. The topological polar surface area (TPSA) is 43.4 Å². The van der Waals surface area contributed by atoms with Gasteiger partial charge in [-0.1, -0.05) is 13.8 Å². The zero-order valence-electron chi connectivity index (χ0n) is 16.7. The monoisotopic (exact) mass is 358 g/mol. The van der Waals surface area contributed by atoms with Gasteiger partial charge < -0.3 is 4.74 Å². The van der Waals surface area contributed by atoms with E-state index in [9.17, 15) is 9.59 Å². The summed E-state index contributed by atoms with van der Waals surface area (Å²) >= 11 is 0. The van der Waals surface area contributed by atoms with E-state index in [2.05, 4.69) is 19.8 Å². The van der Waals surface area contributed by atoms with Crippen LogP contribution in [-0.4, -0.2) is 19.0 Å². The normalized spacial score (nSPS) is 47.3. The third-order valence-corrected chi connectivity index (χ3v) is 9.50. The van der Waals surface area contributed by atoms with Gasteiger partial charge in [0, 0.05) is 12.0 Å². The molecule has 1 unspecified atom stereocenters. The molecular formula is C23H34O3. The third kappa shape index (κ3) is 2.61. The second-order valence-electron chi connectivity index (χ2n) is 10.2. The van der Waals surface area contributed by atoms with Gasteiger partial charge in [-0.3, -0.25) is 4.79 Å². The molecule has 0 heterocycles. The molecule has 7 atom stereocenters. The highest BCUT2D eigenvalue weighted by Crippen LogP contribution is 2.68. The summed E-state index contributed by atoms with van der Waals surface area (Å²) < 4.78 is 4.98. The van der Waals surface area contributed by atoms with E-state index < -0.39 is 0 Å². The van der Waals surface area contributed by atoms with Crippen molar-refractivity contribution in [2.75, 3.05) is 7.11 Å². The molecule has 0 bridgehead atoms. The average molecular weight is 359 g/mol. The lowest BCUT2D eigenvalue weighted by Gasteiger charge is -2.60. The fourth-order valence-electron chi connectivity index (χ4n) is 7.90. The fourth-order valence-corrected chi connectivity index (χ4v) is 7.90. The van der Waals surface area contributed by atoms with E-state index in [1.165, 1.54) is 52.1 Å². The lowest BCUT2D eigenvalue weighted by Crippen LogP contribution is -2.53. The first-order chi connectivity index (χ1) is 12.4. The Kier molecular flexibility index (Phi) is 4.58. The molecule has 0 amide bonds. The quantitative estimate of drug-likeness (QED) is 0.517. The lowest BCUT2D eigenvalue weighted by atomic mass is 9.44. The van der Waals surface area contributed by atoms with Gasteiger partial charge >= 0.3 is 5.97 Å². The number of hydrogen-bond acceptors (Lipinski definition) is 3. The van der Waals surface area contributed by atoms with Crippen LogP contribution in [0.2, 0.25) is 0 Å². The number of esters is 1. The summed E-state index contributed by atoms with van der Waals surface area (Å²) in [6, 6.07) is 0. The van der Waals surface area contributed by atoms with Crippen molar-refractivity contribution in [1.82, 2.24) is 0 Å². The van der Waals surface area contributed by atoms with Crippen LogP contribution in [0.25, 0.3) is 0 Å². The predicted octanol–water partition coefficient (Wildman–Crippen LogP) is 4.97. The number of carbonyl (C=O) groups excluding carboxylic acids is 2. The highest BCUT2D eigenvalue weighted by Gasteiger charge is 2.60. The zero-order valence-corrected chi connectivity index (χ0v) is 16.7. The van der Waals surface area contributed by atoms with Gasteiger partial charge in [0.2, 0.25) is 0 Å². The van der Waals surface area contributed by atoms with Gasteiger partial charge in [-0.2, -0.15) is 0 Å². The second-order valence-corrected chi connectivity index (χ2v) is 10.2. The molecule has 0 aliphatic heterocycles. The number of methoxy groups -OCH3 is 1. The Morgan fingerprint density at radius 1 is 1.08 bits per heavy atom. The zero-order chi connectivity index (χ0) is 18.5. The molecule has 144 valence electrons. The Labute approximate surface area is 157 Å². The van der Waals surface area contributed by atoms with Crippen LogP contribution < -0.4 is 0 Å². The molecule has 26 heavy (non-hydrogen) atoms. The van der Waals surface area contributed by atoms with E-state index in [4.69, 9.17) is 4.74 Å². The second kappa shape index (κ2) is 6.51. The van der Waals surface area contributed by atoms with Crippen molar-refractivity contribution in [2.45, 2.75) is 78.1 Å². The number of allylic oxidation sites excluding steroid dienone is 1. The first-order valence-corrected chi connectivity index (χ1v) is 10.7. The molecule has 0 N–H and O–H groups in total. The molecule has 0 radical (unpaired) electrons. The van der Waals surface area contributed by atoms with Crippen molar-refractivity contribution >= 4 is 11.9 Å². The molecule has 0 spiro atoms. The molecule has 4 rings (SSSR count). The number of hydrogen-bond donors (Lipinski definition) is 0. The van der Waals surface area contributed by atoms with Crippen molar-refractivity contribution in [3.63, 3.8) is 0 Å². The minimum Gasteiger partial charge on any atom is -0.469 e. The number of fused-ring (bicyclic) bond motifs is 5. The third-order valence-electron chi connectivity index (χ3n) is 9.50. The molecule has 4 saturated carbocycles. The maximum atomic E-state index is 11.9.